The highest BCUT2D eigenvalue weighted by Crippen LogP contribution is 2.60. The van der Waals surface area contributed by atoms with E-state index >= 15 is 0 Å². The maximum Gasteiger partial charge on any atom is 0.123 e. The number of phenolic OH excluding ortho intramolecular Hbond substituents is 6. The first-order valence-electron chi connectivity index (χ1n) is 12.1. The Balaban J connectivity index is 1.62. The minimum atomic E-state index is -0.700. The minimum Gasteiger partial charge on any atom is -0.508 e. The molecule has 1 aliphatic carbocycles. The van der Waals surface area contributed by atoms with Crippen molar-refractivity contribution in [3.8, 4) is 34.5 Å². The minimum absolute atomic E-state index is 0.0917. The largest absolute Gasteiger partial charge is 0.508 e. The van der Waals surface area contributed by atoms with Crippen LogP contribution in [0.4, 0.5) is 0 Å². The Bertz CT molecular complexity index is 1530. The monoisotopic (exact) mass is 498 g/mol. The van der Waals surface area contributed by atoms with Gasteiger partial charge in [-0.1, -0.05) is 24.3 Å². The topological polar surface area (TPSA) is 131 Å². The summed E-state index contributed by atoms with van der Waals surface area (Å²) >= 11 is 0. The van der Waals surface area contributed by atoms with Crippen molar-refractivity contribution in [1.82, 2.24) is 0 Å². The van der Waals surface area contributed by atoms with Crippen LogP contribution in [0.3, 0.4) is 0 Å². The molecule has 2 aliphatic rings. The molecule has 0 amide bonds. The third kappa shape index (κ3) is 3.70. The first kappa shape index (κ1) is 23.1. The molecule has 7 nitrogen and oxygen atoms in total. The van der Waals surface area contributed by atoms with E-state index in [0.717, 1.165) is 16.7 Å². The van der Waals surface area contributed by atoms with Crippen molar-refractivity contribution >= 4 is 0 Å². The van der Waals surface area contributed by atoms with Crippen molar-refractivity contribution in [2.24, 2.45) is 0 Å². The van der Waals surface area contributed by atoms with Gasteiger partial charge >= 0.3 is 0 Å². The molecule has 0 fully saturated rings. The molecular formula is C30H26O7. The Labute approximate surface area is 213 Å². The number of phenols is 6. The smallest absolute Gasteiger partial charge is 0.123 e. The fraction of sp³-hybridized carbons (Fsp3) is 0.200. The molecule has 4 aromatic rings. The SMILES string of the molecule is Cc1cc(CC2OC3c4cc(O)cc(O)c4C2c2cc(O)cc(O)c2C3c2ccc(O)cc2)ccc1O. The lowest BCUT2D eigenvalue weighted by molar-refractivity contribution is -0.0370. The summed E-state index contributed by atoms with van der Waals surface area (Å²) in [6.07, 6.45) is -0.770. The van der Waals surface area contributed by atoms with Gasteiger partial charge < -0.3 is 35.4 Å². The van der Waals surface area contributed by atoms with E-state index < -0.39 is 24.0 Å². The van der Waals surface area contributed by atoms with Crippen molar-refractivity contribution in [3.05, 3.63) is 106 Å². The van der Waals surface area contributed by atoms with E-state index in [1.807, 2.05) is 19.1 Å². The summed E-state index contributed by atoms with van der Waals surface area (Å²) < 4.78 is 6.76. The van der Waals surface area contributed by atoms with Crippen LogP contribution in [0.15, 0.2) is 66.7 Å². The van der Waals surface area contributed by atoms with Gasteiger partial charge in [-0.15, -0.1) is 0 Å². The van der Waals surface area contributed by atoms with Crippen molar-refractivity contribution in [3.63, 3.8) is 0 Å². The summed E-state index contributed by atoms with van der Waals surface area (Å²) in [5.41, 5.74) is 4.72. The van der Waals surface area contributed by atoms with Gasteiger partial charge in [0.25, 0.3) is 0 Å². The van der Waals surface area contributed by atoms with Gasteiger partial charge in [-0.3, -0.25) is 0 Å². The van der Waals surface area contributed by atoms with Crippen LogP contribution < -0.4 is 0 Å². The normalized spacial score (nSPS) is 21.8. The van der Waals surface area contributed by atoms with Crippen LogP contribution >= 0.6 is 0 Å². The van der Waals surface area contributed by atoms with E-state index in [1.165, 1.54) is 12.1 Å². The molecule has 1 heterocycles. The van der Waals surface area contributed by atoms with E-state index in [1.54, 1.807) is 42.5 Å². The molecule has 4 unspecified atom stereocenters. The Kier molecular flexibility index (Phi) is 5.21. The van der Waals surface area contributed by atoms with Gasteiger partial charge in [0.1, 0.15) is 34.5 Å². The molecule has 6 rings (SSSR count). The number of aromatic hydroxyl groups is 6. The van der Waals surface area contributed by atoms with E-state index in [0.29, 0.717) is 28.7 Å². The van der Waals surface area contributed by atoms with Crippen LogP contribution in [0.25, 0.3) is 0 Å². The Morgan fingerprint density at radius 1 is 0.622 bits per heavy atom. The molecule has 6 N–H and O–H groups in total. The highest BCUT2D eigenvalue weighted by molar-refractivity contribution is 5.63. The Hall–Kier alpha value is -4.36. The van der Waals surface area contributed by atoms with Crippen molar-refractivity contribution in [1.29, 1.82) is 0 Å². The van der Waals surface area contributed by atoms with E-state index in [9.17, 15) is 30.6 Å². The summed E-state index contributed by atoms with van der Waals surface area (Å²) in [6.45, 7) is 1.81. The van der Waals surface area contributed by atoms with E-state index in [-0.39, 0.29) is 34.5 Å². The van der Waals surface area contributed by atoms with Crippen LogP contribution in [-0.2, 0) is 11.2 Å². The highest BCUT2D eigenvalue weighted by atomic mass is 16.5. The van der Waals surface area contributed by atoms with Crippen LogP contribution in [0, 0.1) is 6.92 Å². The predicted octanol–water partition coefficient (Wildman–Crippen LogP) is 5.19. The fourth-order valence-corrected chi connectivity index (χ4v) is 6.02. The third-order valence-corrected chi connectivity index (χ3v) is 7.56. The molecule has 2 bridgehead atoms. The Morgan fingerprint density at radius 3 is 1.89 bits per heavy atom. The zero-order valence-electron chi connectivity index (χ0n) is 20.0. The second-order valence-electron chi connectivity index (χ2n) is 9.90. The average molecular weight is 499 g/mol. The first-order chi connectivity index (χ1) is 17.7. The number of hydrogen-bond donors (Lipinski definition) is 6. The molecule has 4 aromatic carbocycles. The standard InChI is InChI=1S/C30H26O7/c1-14-8-15(2-7-22(14)34)9-25-29-20-10-18(32)12-23(35)27(20)26(16-3-5-17(31)6-4-16)30(37-25)21-11-19(33)13-24(36)28(21)29/h2-8,10-13,25-26,29-36H,9H2,1H3. The molecule has 0 radical (unpaired) electrons. The van der Waals surface area contributed by atoms with Crippen LogP contribution in [-0.4, -0.2) is 36.7 Å². The maximum atomic E-state index is 11.2. The molecule has 0 saturated heterocycles. The highest BCUT2D eigenvalue weighted by Gasteiger charge is 2.49. The van der Waals surface area contributed by atoms with E-state index in [2.05, 4.69) is 0 Å². The second kappa shape index (κ2) is 8.35. The van der Waals surface area contributed by atoms with Gasteiger partial charge in [-0.2, -0.15) is 0 Å². The molecule has 0 saturated carbocycles. The predicted molar refractivity (Wildman–Crippen MR) is 135 cm³/mol. The zero-order valence-corrected chi connectivity index (χ0v) is 20.0. The number of ether oxygens (including phenoxy) is 1. The summed E-state index contributed by atoms with van der Waals surface area (Å²) in [6, 6.07) is 17.7. The van der Waals surface area contributed by atoms with Gasteiger partial charge in [0, 0.05) is 35.1 Å². The van der Waals surface area contributed by atoms with Crippen LogP contribution in [0.1, 0.15) is 56.9 Å². The average Bonchev–Trinajstić information content (AvgIpc) is 3.04. The summed E-state index contributed by atoms with van der Waals surface area (Å²) in [5.74, 6) is -1.29. The van der Waals surface area contributed by atoms with Crippen molar-refractivity contribution in [2.45, 2.75) is 37.4 Å². The molecule has 4 atom stereocenters. The van der Waals surface area contributed by atoms with Crippen molar-refractivity contribution < 1.29 is 35.4 Å². The van der Waals surface area contributed by atoms with Gasteiger partial charge in [-0.05, 0) is 71.5 Å². The lowest BCUT2D eigenvalue weighted by Crippen LogP contribution is -2.32. The fourth-order valence-electron chi connectivity index (χ4n) is 6.02. The number of rotatable bonds is 3. The van der Waals surface area contributed by atoms with Crippen LogP contribution in [0.2, 0.25) is 0 Å². The van der Waals surface area contributed by atoms with E-state index in [4.69, 9.17) is 4.74 Å². The van der Waals surface area contributed by atoms with Gasteiger partial charge in [-0.25, -0.2) is 0 Å². The Morgan fingerprint density at radius 2 is 1.24 bits per heavy atom. The lowest BCUT2D eigenvalue weighted by Gasteiger charge is -2.38. The zero-order chi connectivity index (χ0) is 26.0. The number of fused-ring (bicyclic) bond motifs is 2. The molecule has 188 valence electrons. The lowest BCUT2D eigenvalue weighted by atomic mass is 9.79. The molecule has 37 heavy (non-hydrogen) atoms. The van der Waals surface area contributed by atoms with Crippen LogP contribution in [0.5, 0.6) is 34.5 Å². The maximum absolute atomic E-state index is 11.2. The molecule has 1 aliphatic heterocycles. The van der Waals surface area contributed by atoms with Gasteiger partial charge in [0.15, 0.2) is 0 Å². The van der Waals surface area contributed by atoms with Crippen molar-refractivity contribution in [2.75, 3.05) is 0 Å². The number of benzene rings is 4. The second-order valence-corrected chi connectivity index (χ2v) is 9.90. The molecule has 7 heteroatoms. The first-order valence-corrected chi connectivity index (χ1v) is 12.1. The molecule has 0 spiro atoms. The quantitative estimate of drug-likeness (QED) is 0.229. The number of aryl methyl sites for hydroxylation is 1. The number of hydrogen-bond acceptors (Lipinski definition) is 7. The van der Waals surface area contributed by atoms with Gasteiger partial charge in [0.2, 0.25) is 0 Å². The summed E-state index contributed by atoms with van der Waals surface area (Å²) in [4.78, 5) is 0. The van der Waals surface area contributed by atoms with Gasteiger partial charge in [0.05, 0.1) is 12.2 Å². The molecule has 0 aromatic heterocycles. The summed E-state index contributed by atoms with van der Waals surface area (Å²) in [7, 11) is 0. The molecular weight excluding hydrogens is 472 g/mol. The third-order valence-electron chi connectivity index (χ3n) is 7.56. The summed E-state index contributed by atoms with van der Waals surface area (Å²) in [5, 5.41) is 63.1.